The second kappa shape index (κ2) is 10.5. The quantitative estimate of drug-likeness (QED) is 0.425. The topological polar surface area (TPSA) is 126 Å². The predicted molar refractivity (Wildman–Crippen MR) is 146 cm³/mol. The summed E-state index contributed by atoms with van der Waals surface area (Å²) in [7, 11) is -4.02. The lowest BCUT2D eigenvalue weighted by molar-refractivity contribution is -0.0244. The summed E-state index contributed by atoms with van der Waals surface area (Å²) in [5.41, 5.74) is 1.22. The number of hydrogen-bond acceptors (Lipinski definition) is 8. The maximum atomic E-state index is 13.2. The third-order valence-corrected chi connectivity index (χ3v) is 7.82. The fourth-order valence-electron chi connectivity index (χ4n) is 4.61. The number of para-hydroxylation sites is 4. The minimum atomic E-state index is -4.02. The first-order valence-corrected chi connectivity index (χ1v) is 14.0. The summed E-state index contributed by atoms with van der Waals surface area (Å²) in [5, 5.41) is 14.0. The van der Waals surface area contributed by atoms with Crippen molar-refractivity contribution >= 4 is 33.2 Å². The van der Waals surface area contributed by atoms with Crippen LogP contribution in [0.4, 0.5) is 21.9 Å². The van der Waals surface area contributed by atoms with Gasteiger partial charge in [-0.25, -0.2) is 17.9 Å². The minimum Gasteiger partial charge on any atom is -0.453 e. The fraction of sp³-hybridized carbons (Fsp3) is 0.321. The predicted octanol–water partition coefficient (Wildman–Crippen LogP) is 4.38. The van der Waals surface area contributed by atoms with E-state index < -0.39 is 39.9 Å². The van der Waals surface area contributed by atoms with Gasteiger partial charge in [-0.3, -0.25) is 5.32 Å². The lowest BCUT2D eigenvalue weighted by atomic mass is 9.98. The molecule has 0 radical (unpaired) electrons. The minimum absolute atomic E-state index is 0.00279. The van der Waals surface area contributed by atoms with E-state index >= 15 is 0 Å². The Labute approximate surface area is 227 Å². The second-order valence-corrected chi connectivity index (χ2v) is 12.1. The van der Waals surface area contributed by atoms with Gasteiger partial charge < -0.3 is 24.2 Å². The third-order valence-electron chi connectivity index (χ3n) is 6.31. The summed E-state index contributed by atoms with van der Waals surface area (Å²) in [6, 6.07) is 19.1. The van der Waals surface area contributed by atoms with Gasteiger partial charge in [0.15, 0.2) is 11.5 Å². The van der Waals surface area contributed by atoms with Gasteiger partial charge in [0.2, 0.25) is 10.0 Å². The molecule has 2 aliphatic rings. The largest absolute Gasteiger partial charge is 0.453 e. The molecule has 1 saturated heterocycles. The van der Waals surface area contributed by atoms with Crippen LogP contribution in [0.15, 0.2) is 77.7 Å². The van der Waals surface area contributed by atoms with Gasteiger partial charge in [0.25, 0.3) is 0 Å². The Hall–Kier alpha value is -3.64. The molecule has 39 heavy (non-hydrogen) atoms. The molecule has 1 amide bonds. The molecule has 0 bridgehead atoms. The number of anilines is 3. The number of nitrogens with zero attached hydrogens (tertiary/aromatic N) is 1. The molecule has 3 unspecified atom stereocenters. The van der Waals surface area contributed by atoms with Crippen molar-refractivity contribution < 1.29 is 32.5 Å². The Balaban J connectivity index is 1.33. The van der Waals surface area contributed by atoms with Crippen LogP contribution in [-0.4, -0.2) is 56.6 Å². The van der Waals surface area contributed by atoms with E-state index in [1.165, 1.54) is 24.3 Å². The molecular weight excluding hydrogens is 522 g/mol. The number of ether oxygens (including phenoxy) is 3. The number of sulfonamides is 1. The molecule has 11 heteroatoms. The van der Waals surface area contributed by atoms with Crippen molar-refractivity contribution in [3.63, 3.8) is 0 Å². The van der Waals surface area contributed by atoms with E-state index in [0.717, 1.165) is 11.4 Å². The van der Waals surface area contributed by atoms with Crippen molar-refractivity contribution in [2.45, 2.75) is 49.5 Å². The van der Waals surface area contributed by atoms with E-state index in [4.69, 9.17) is 14.2 Å². The molecule has 3 aromatic carbocycles. The normalized spacial score (nSPS) is 20.8. The SMILES string of the molecule is CC(C)(C)OC(=O)Nc1ccc(S(=O)(=O)NC2COCC(N3c4ccccc4Oc4ccccc43)C2O)cc1. The molecule has 0 saturated carbocycles. The molecule has 2 aliphatic heterocycles. The Bertz CT molecular complexity index is 1410. The summed E-state index contributed by atoms with van der Waals surface area (Å²) in [5.74, 6) is 1.26. The molecule has 10 nitrogen and oxygen atoms in total. The zero-order valence-electron chi connectivity index (χ0n) is 21.8. The number of aliphatic hydroxyl groups excluding tert-OH is 1. The number of fused-ring (bicyclic) bond motifs is 2. The Morgan fingerprint density at radius 1 is 0.949 bits per heavy atom. The first kappa shape index (κ1) is 26.9. The lowest BCUT2D eigenvalue weighted by Crippen LogP contribution is -2.60. The Morgan fingerprint density at radius 2 is 1.54 bits per heavy atom. The van der Waals surface area contributed by atoms with Crippen LogP contribution in [-0.2, 0) is 19.5 Å². The third kappa shape index (κ3) is 5.86. The van der Waals surface area contributed by atoms with Crippen LogP contribution < -0.4 is 19.7 Å². The van der Waals surface area contributed by atoms with Crippen LogP contribution >= 0.6 is 0 Å². The highest BCUT2D eigenvalue weighted by atomic mass is 32.2. The highest BCUT2D eigenvalue weighted by molar-refractivity contribution is 7.89. The molecule has 5 rings (SSSR count). The van der Waals surface area contributed by atoms with E-state index in [2.05, 4.69) is 10.0 Å². The maximum absolute atomic E-state index is 13.2. The lowest BCUT2D eigenvalue weighted by Gasteiger charge is -2.44. The molecule has 3 atom stereocenters. The first-order chi connectivity index (χ1) is 18.5. The number of amides is 1. The molecule has 3 N–H and O–H groups in total. The van der Waals surface area contributed by atoms with Crippen LogP contribution in [0.1, 0.15) is 20.8 Å². The number of aliphatic hydroxyl groups is 1. The maximum Gasteiger partial charge on any atom is 0.412 e. The average Bonchev–Trinajstić information content (AvgIpc) is 2.88. The Kier molecular flexibility index (Phi) is 7.25. The van der Waals surface area contributed by atoms with Crippen LogP contribution in [0.3, 0.4) is 0 Å². The second-order valence-electron chi connectivity index (χ2n) is 10.4. The van der Waals surface area contributed by atoms with Crippen LogP contribution in [0.2, 0.25) is 0 Å². The van der Waals surface area contributed by atoms with Gasteiger partial charge in [-0.05, 0) is 69.3 Å². The zero-order valence-corrected chi connectivity index (χ0v) is 22.6. The summed E-state index contributed by atoms with van der Waals surface area (Å²) in [4.78, 5) is 13.9. The number of nitrogens with one attached hydrogen (secondary N) is 2. The van der Waals surface area contributed by atoms with E-state index in [1.807, 2.05) is 53.4 Å². The van der Waals surface area contributed by atoms with Crippen LogP contribution in [0, 0.1) is 0 Å². The number of hydrogen-bond donors (Lipinski definition) is 3. The van der Waals surface area contributed by atoms with Gasteiger partial charge in [0, 0.05) is 5.69 Å². The number of carbonyl (C=O) groups excluding carboxylic acids is 1. The molecule has 1 fully saturated rings. The fourth-order valence-corrected chi connectivity index (χ4v) is 5.85. The number of benzene rings is 3. The standard InChI is InChI=1S/C28H31N3O7S/c1-28(2,3)38-27(33)29-18-12-14-19(15-13-18)39(34,35)30-20-16-36-17-23(26(20)32)31-21-8-4-6-10-24(21)37-25-11-7-5-9-22(25)31/h4-15,20,23,26,30,32H,16-17H2,1-3H3,(H,29,33). The van der Waals surface area contributed by atoms with E-state index in [0.29, 0.717) is 17.2 Å². The molecule has 0 spiro atoms. The summed E-state index contributed by atoms with van der Waals surface area (Å²) >= 11 is 0. The van der Waals surface area contributed by atoms with E-state index in [9.17, 15) is 18.3 Å². The van der Waals surface area contributed by atoms with Gasteiger partial charge in [0.1, 0.15) is 5.60 Å². The molecule has 0 aliphatic carbocycles. The highest BCUT2D eigenvalue weighted by Crippen LogP contribution is 2.48. The van der Waals surface area contributed by atoms with Gasteiger partial charge >= 0.3 is 6.09 Å². The molecule has 2 heterocycles. The van der Waals surface area contributed by atoms with Crippen molar-refractivity contribution in [2.75, 3.05) is 23.4 Å². The molecule has 206 valence electrons. The zero-order chi connectivity index (χ0) is 27.8. The summed E-state index contributed by atoms with van der Waals surface area (Å²) in [6.07, 6.45) is -1.74. The highest BCUT2D eigenvalue weighted by Gasteiger charge is 2.41. The van der Waals surface area contributed by atoms with Crippen molar-refractivity contribution in [2.24, 2.45) is 0 Å². The van der Waals surface area contributed by atoms with Crippen LogP contribution in [0.5, 0.6) is 11.5 Å². The molecular formula is C28H31N3O7S. The monoisotopic (exact) mass is 553 g/mol. The van der Waals surface area contributed by atoms with E-state index in [-0.39, 0.29) is 18.1 Å². The number of rotatable bonds is 5. The van der Waals surface area contributed by atoms with Crippen molar-refractivity contribution in [1.29, 1.82) is 0 Å². The van der Waals surface area contributed by atoms with Gasteiger partial charge in [0.05, 0.1) is 47.7 Å². The first-order valence-electron chi connectivity index (χ1n) is 12.6. The van der Waals surface area contributed by atoms with Gasteiger partial charge in [-0.2, -0.15) is 0 Å². The number of carbonyl (C=O) groups is 1. The van der Waals surface area contributed by atoms with Crippen LogP contribution in [0.25, 0.3) is 0 Å². The van der Waals surface area contributed by atoms with Gasteiger partial charge in [-0.15, -0.1) is 0 Å². The van der Waals surface area contributed by atoms with Crippen molar-refractivity contribution in [3.8, 4) is 11.5 Å². The average molecular weight is 554 g/mol. The Morgan fingerprint density at radius 3 is 2.13 bits per heavy atom. The molecule has 3 aromatic rings. The van der Waals surface area contributed by atoms with Crippen molar-refractivity contribution in [3.05, 3.63) is 72.8 Å². The summed E-state index contributed by atoms with van der Waals surface area (Å²) in [6.45, 7) is 5.44. The smallest absolute Gasteiger partial charge is 0.412 e. The molecule has 0 aromatic heterocycles. The van der Waals surface area contributed by atoms with Crippen molar-refractivity contribution in [1.82, 2.24) is 4.72 Å². The van der Waals surface area contributed by atoms with E-state index in [1.54, 1.807) is 20.8 Å². The summed E-state index contributed by atoms with van der Waals surface area (Å²) < 4.78 is 46.1. The van der Waals surface area contributed by atoms with Gasteiger partial charge in [-0.1, -0.05) is 24.3 Å².